The molecule has 170 valence electrons. The normalized spacial score (nSPS) is 11.6. The van der Waals surface area contributed by atoms with Gasteiger partial charge in [-0.05, 0) is 51.5 Å². The highest BCUT2D eigenvalue weighted by Gasteiger charge is 2.24. The number of carbonyl (C=O) groups is 2. The first-order valence-electron chi connectivity index (χ1n) is 10.7. The SMILES string of the molecule is CCN(CC)C(=O)c1ccc(NC(=O)c2sc3nc(C(C)(C)C)nc(C)c3c2C)cc1Cl. The molecule has 0 fully saturated rings. The van der Waals surface area contributed by atoms with Crippen molar-refractivity contribution in [2.24, 2.45) is 0 Å². The molecule has 0 aliphatic heterocycles. The molecule has 0 atom stereocenters. The zero-order valence-corrected chi connectivity index (χ0v) is 21.2. The molecule has 6 nitrogen and oxygen atoms in total. The van der Waals surface area contributed by atoms with Crippen LogP contribution in [0.25, 0.3) is 10.2 Å². The Balaban J connectivity index is 1.90. The number of fused-ring (bicyclic) bond motifs is 1. The lowest BCUT2D eigenvalue weighted by molar-refractivity contribution is 0.0773. The van der Waals surface area contributed by atoms with Crippen LogP contribution in [0.15, 0.2) is 18.2 Å². The molecule has 1 aromatic carbocycles. The van der Waals surface area contributed by atoms with Crippen LogP contribution < -0.4 is 5.32 Å². The van der Waals surface area contributed by atoms with Crippen LogP contribution >= 0.6 is 22.9 Å². The van der Waals surface area contributed by atoms with Crippen molar-refractivity contribution in [3.8, 4) is 0 Å². The molecule has 2 heterocycles. The van der Waals surface area contributed by atoms with E-state index in [1.165, 1.54) is 11.3 Å². The molecule has 0 spiro atoms. The summed E-state index contributed by atoms with van der Waals surface area (Å²) < 4.78 is 0. The molecule has 0 radical (unpaired) electrons. The molecule has 2 amide bonds. The van der Waals surface area contributed by atoms with Crippen LogP contribution in [0.2, 0.25) is 5.02 Å². The molecule has 8 heteroatoms. The average Bonchev–Trinajstić information content (AvgIpc) is 3.05. The molecule has 0 saturated heterocycles. The van der Waals surface area contributed by atoms with Crippen molar-refractivity contribution >= 4 is 50.7 Å². The van der Waals surface area contributed by atoms with Crippen LogP contribution in [0, 0.1) is 13.8 Å². The minimum atomic E-state index is -0.235. The third-order valence-corrected chi connectivity index (χ3v) is 6.85. The molecular weight excluding hydrogens is 444 g/mol. The lowest BCUT2D eigenvalue weighted by atomic mass is 9.95. The maximum atomic E-state index is 13.1. The number of thiophene rings is 1. The van der Waals surface area contributed by atoms with E-state index in [1.807, 2.05) is 27.7 Å². The number of amides is 2. The van der Waals surface area contributed by atoms with Crippen LogP contribution in [-0.4, -0.2) is 39.8 Å². The van der Waals surface area contributed by atoms with Crippen LogP contribution in [-0.2, 0) is 5.41 Å². The maximum absolute atomic E-state index is 13.1. The number of carbonyl (C=O) groups excluding carboxylic acids is 2. The van der Waals surface area contributed by atoms with Gasteiger partial charge in [0, 0.05) is 29.6 Å². The van der Waals surface area contributed by atoms with Crippen LogP contribution in [0.5, 0.6) is 0 Å². The molecule has 0 saturated carbocycles. The summed E-state index contributed by atoms with van der Waals surface area (Å²) in [4.78, 5) is 38.1. The summed E-state index contributed by atoms with van der Waals surface area (Å²) in [6, 6.07) is 4.97. The minimum absolute atomic E-state index is 0.123. The maximum Gasteiger partial charge on any atom is 0.266 e. The fraction of sp³-hybridized carbons (Fsp3) is 0.417. The quantitative estimate of drug-likeness (QED) is 0.494. The molecule has 0 aliphatic carbocycles. The van der Waals surface area contributed by atoms with Gasteiger partial charge in [0.1, 0.15) is 10.7 Å². The van der Waals surface area contributed by atoms with Crippen LogP contribution in [0.1, 0.15) is 71.7 Å². The third kappa shape index (κ3) is 4.64. The number of aryl methyl sites for hydroxylation is 2. The molecule has 0 aliphatic rings. The Bertz CT molecular complexity index is 1190. The second-order valence-corrected chi connectivity index (χ2v) is 10.2. The number of hydrogen-bond acceptors (Lipinski definition) is 5. The van der Waals surface area contributed by atoms with Crippen molar-refractivity contribution in [2.75, 3.05) is 18.4 Å². The van der Waals surface area contributed by atoms with E-state index in [1.54, 1.807) is 23.1 Å². The largest absolute Gasteiger partial charge is 0.339 e. The smallest absolute Gasteiger partial charge is 0.266 e. The third-order valence-electron chi connectivity index (χ3n) is 5.36. The molecular formula is C24H29ClN4O2S. The van der Waals surface area contributed by atoms with Crippen molar-refractivity contribution < 1.29 is 9.59 Å². The van der Waals surface area contributed by atoms with Gasteiger partial charge in [0.25, 0.3) is 11.8 Å². The van der Waals surface area contributed by atoms with E-state index in [2.05, 4.69) is 31.1 Å². The van der Waals surface area contributed by atoms with Gasteiger partial charge in [-0.2, -0.15) is 0 Å². The van der Waals surface area contributed by atoms with E-state index in [4.69, 9.17) is 16.6 Å². The minimum Gasteiger partial charge on any atom is -0.339 e. The predicted octanol–water partition coefficient (Wildman–Crippen LogP) is 5.99. The first-order valence-corrected chi connectivity index (χ1v) is 11.9. The number of benzene rings is 1. The first-order chi connectivity index (χ1) is 15.0. The second-order valence-electron chi connectivity index (χ2n) is 8.75. The highest BCUT2D eigenvalue weighted by molar-refractivity contribution is 7.20. The summed E-state index contributed by atoms with van der Waals surface area (Å²) >= 11 is 7.73. The monoisotopic (exact) mass is 472 g/mol. The fourth-order valence-corrected chi connectivity index (χ4v) is 4.91. The summed E-state index contributed by atoms with van der Waals surface area (Å²) in [6.07, 6.45) is 0. The van der Waals surface area contributed by atoms with E-state index < -0.39 is 0 Å². The Morgan fingerprint density at radius 3 is 2.34 bits per heavy atom. The molecule has 0 bridgehead atoms. The highest BCUT2D eigenvalue weighted by Crippen LogP contribution is 2.34. The second kappa shape index (κ2) is 9.16. The molecule has 0 unspecified atom stereocenters. The number of hydrogen-bond donors (Lipinski definition) is 1. The summed E-state index contributed by atoms with van der Waals surface area (Å²) in [5.74, 6) is 0.402. The molecule has 3 rings (SSSR count). The number of rotatable bonds is 5. The number of halogens is 1. The van der Waals surface area contributed by atoms with Gasteiger partial charge < -0.3 is 10.2 Å². The summed E-state index contributed by atoms with van der Waals surface area (Å²) in [5.41, 5.74) is 2.51. The molecule has 2 aromatic heterocycles. The van der Waals surface area contributed by atoms with E-state index in [0.717, 1.165) is 27.3 Å². The van der Waals surface area contributed by atoms with Crippen molar-refractivity contribution in [1.29, 1.82) is 0 Å². The molecule has 3 aromatic rings. The van der Waals surface area contributed by atoms with Gasteiger partial charge in [-0.3, -0.25) is 9.59 Å². The number of anilines is 1. The lowest BCUT2D eigenvalue weighted by Gasteiger charge is -2.19. The topological polar surface area (TPSA) is 75.2 Å². The van der Waals surface area contributed by atoms with Gasteiger partial charge in [-0.25, -0.2) is 9.97 Å². The Labute approximate surface area is 198 Å². The molecule has 32 heavy (non-hydrogen) atoms. The zero-order chi connectivity index (χ0) is 23.8. The van der Waals surface area contributed by atoms with Crippen LogP contribution in [0.3, 0.4) is 0 Å². The first kappa shape index (κ1) is 24.1. The number of aromatic nitrogens is 2. The number of nitrogens with one attached hydrogen (secondary N) is 1. The standard InChI is InChI=1S/C24H29ClN4O2S/c1-8-29(9-2)22(31)16-11-10-15(12-17(16)25)27-20(30)19-13(3)18-14(4)26-23(24(5,6)7)28-21(18)32-19/h10-12H,8-9H2,1-7H3,(H,27,30). The predicted molar refractivity (Wildman–Crippen MR) is 132 cm³/mol. The summed E-state index contributed by atoms with van der Waals surface area (Å²) in [6.45, 7) is 15.1. The lowest BCUT2D eigenvalue weighted by Crippen LogP contribution is -2.30. The highest BCUT2D eigenvalue weighted by atomic mass is 35.5. The molecule has 1 N–H and O–H groups in total. The Hall–Kier alpha value is -2.51. The van der Waals surface area contributed by atoms with Gasteiger partial charge in [0.15, 0.2) is 0 Å². The van der Waals surface area contributed by atoms with Crippen LogP contribution in [0.4, 0.5) is 5.69 Å². The van der Waals surface area contributed by atoms with Gasteiger partial charge in [0.2, 0.25) is 0 Å². The van der Waals surface area contributed by atoms with E-state index >= 15 is 0 Å². The summed E-state index contributed by atoms with van der Waals surface area (Å²) in [7, 11) is 0. The van der Waals surface area contributed by atoms with Gasteiger partial charge in [0.05, 0.1) is 21.2 Å². The van der Waals surface area contributed by atoms with Crippen molar-refractivity contribution in [2.45, 2.75) is 53.9 Å². The van der Waals surface area contributed by atoms with Gasteiger partial charge >= 0.3 is 0 Å². The zero-order valence-electron chi connectivity index (χ0n) is 19.6. The van der Waals surface area contributed by atoms with E-state index in [0.29, 0.717) is 34.2 Å². The van der Waals surface area contributed by atoms with E-state index in [9.17, 15) is 9.59 Å². The average molecular weight is 473 g/mol. The fourth-order valence-electron chi connectivity index (χ4n) is 3.53. The van der Waals surface area contributed by atoms with Crippen molar-refractivity contribution in [3.63, 3.8) is 0 Å². The Morgan fingerprint density at radius 2 is 1.78 bits per heavy atom. The van der Waals surface area contributed by atoms with Gasteiger partial charge in [-0.15, -0.1) is 11.3 Å². The Kier molecular flexibility index (Phi) is 6.91. The van der Waals surface area contributed by atoms with E-state index in [-0.39, 0.29) is 17.2 Å². The Morgan fingerprint density at radius 1 is 1.12 bits per heavy atom. The van der Waals surface area contributed by atoms with Crippen molar-refractivity contribution in [3.05, 3.63) is 50.7 Å². The van der Waals surface area contributed by atoms with Crippen molar-refractivity contribution in [1.82, 2.24) is 14.9 Å². The summed E-state index contributed by atoms with van der Waals surface area (Å²) in [5, 5.41) is 4.13. The van der Waals surface area contributed by atoms with Gasteiger partial charge in [-0.1, -0.05) is 32.4 Å². The number of nitrogens with zero attached hydrogens (tertiary/aromatic N) is 3.